The first-order valence-corrected chi connectivity index (χ1v) is 7.90. The van der Waals surface area contributed by atoms with Gasteiger partial charge in [0.2, 0.25) is 0 Å². The smallest absolute Gasteiger partial charge is 0.330 e. The summed E-state index contributed by atoms with van der Waals surface area (Å²) in [4.78, 5) is 13.3. The van der Waals surface area contributed by atoms with Crippen molar-refractivity contribution in [3.63, 3.8) is 0 Å². The lowest BCUT2D eigenvalue weighted by Gasteiger charge is -2.23. The third-order valence-corrected chi connectivity index (χ3v) is 3.70. The van der Waals surface area contributed by atoms with Crippen molar-refractivity contribution in [1.29, 1.82) is 0 Å². The number of esters is 1. The lowest BCUT2D eigenvalue weighted by molar-refractivity contribution is -0.137. The van der Waals surface area contributed by atoms with Crippen LogP contribution in [0.15, 0.2) is 67.3 Å². The van der Waals surface area contributed by atoms with Crippen molar-refractivity contribution in [3.8, 4) is 0 Å². The largest absolute Gasteiger partial charge is 0.462 e. The van der Waals surface area contributed by atoms with Crippen LogP contribution in [0.25, 0.3) is 0 Å². The molecule has 2 rings (SSSR count). The molecular formula is C20H23NO2. The molecule has 0 aliphatic heterocycles. The van der Waals surface area contributed by atoms with Gasteiger partial charge in [-0.2, -0.15) is 0 Å². The molecule has 3 heteroatoms. The normalized spacial score (nSPS) is 10.1. The van der Waals surface area contributed by atoms with Crippen molar-refractivity contribution in [2.45, 2.75) is 19.9 Å². The molecule has 0 amide bonds. The van der Waals surface area contributed by atoms with Gasteiger partial charge in [-0.15, -0.1) is 0 Å². The summed E-state index contributed by atoms with van der Waals surface area (Å²) in [5.41, 5.74) is 3.65. The van der Waals surface area contributed by atoms with Crippen molar-refractivity contribution in [2.24, 2.45) is 0 Å². The van der Waals surface area contributed by atoms with E-state index in [4.69, 9.17) is 4.74 Å². The van der Waals surface area contributed by atoms with Crippen molar-refractivity contribution in [2.75, 3.05) is 18.1 Å². The van der Waals surface area contributed by atoms with Crippen LogP contribution in [0.2, 0.25) is 0 Å². The fraction of sp³-hybridized carbons (Fsp3) is 0.250. The maximum atomic E-state index is 11.0. The molecule has 3 nitrogen and oxygen atoms in total. The van der Waals surface area contributed by atoms with Crippen LogP contribution < -0.4 is 4.90 Å². The van der Waals surface area contributed by atoms with E-state index >= 15 is 0 Å². The molecule has 0 aliphatic carbocycles. The first kappa shape index (κ1) is 16.8. The lowest BCUT2D eigenvalue weighted by Crippen LogP contribution is -2.21. The Labute approximate surface area is 138 Å². The third kappa shape index (κ3) is 5.29. The molecular weight excluding hydrogens is 286 g/mol. The third-order valence-electron chi connectivity index (χ3n) is 3.70. The Morgan fingerprint density at radius 2 is 1.78 bits per heavy atom. The Hall–Kier alpha value is -2.55. The maximum Gasteiger partial charge on any atom is 0.330 e. The average molecular weight is 309 g/mol. The molecule has 0 unspecified atom stereocenters. The van der Waals surface area contributed by atoms with E-state index in [1.165, 1.54) is 17.3 Å². The molecule has 0 saturated heterocycles. The van der Waals surface area contributed by atoms with Gasteiger partial charge in [0.1, 0.15) is 0 Å². The van der Waals surface area contributed by atoms with Crippen molar-refractivity contribution in [3.05, 3.63) is 78.4 Å². The zero-order valence-electron chi connectivity index (χ0n) is 13.6. The van der Waals surface area contributed by atoms with E-state index in [9.17, 15) is 4.79 Å². The summed E-state index contributed by atoms with van der Waals surface area (Å²) < 4.78 is 5.01. The number of carbonyl (C=O) groups is 1. The van der Waals surface area contributed by atoms with Crippen molar-refractivity contribution in [1.82, 2.24) is 0 Å². The summed E-state index contributed by atoms with van der Waals surface area (Å²) in [5.74, 6) is -0.373. The highest BCUT2D eigenvalue weighted by molar-refractivity contribution is 5.81. The van der Waals surface area contributed by atoms with Gasteiger partial charge in [-0.05, 0) is 30.2 Å². The zero-order chi connectivity index (χ0) is 16.5. The highest BCUT2D eigenvalue weighted by atomic mass is 16.5. The summed E-state index contributed by atoms with van der Waals surface area (Å²) in [5, 5.41) is 0. The molecule has 0 aromatic heterocycles. The van der Waals surface area contributed by atoms with Gasteiger partial charge in [-0.1, -0.05) is 49.0 Å². The molecule has 0 spiro atoms. The number of carbonyl (C=O) groups excluding carboxylic acids is 1. The molecule has 2 aromatic carbocycles. The van der Waals surface area contributed by atoms with Gasteiger partial charge in [0.15, 0.2) is 0 Å². The zero-order valence-corrected chi connectivity index (χ0v) is 13.6. The number of hydrogen-bond donors (Lipinski definition) is 0. The molecule has 23 heavy (non-hydrogen) atoms. The summed E-state index contributed by atoms with van der Waals surface area (Å²) in [6.45, 7) is 7.77. The van der Waals surface area contributed by atoms with Gasteiger partial charge >= 0.3 is 5.97 Å². The van der Waals surface area contributed by atoms with Gasteiger partial charge in [-0.3, -0.25) is 0 Å². The number of anilines is 1. The Bertz CT molecular complexity index is 620. The number of hydrogen-bond acceptors (Lipinski definition) is 3. The highest BCUT2D eigenvalue weighted by Crippen LogP contribution is 2.18. The molecule has 0 bridgehead atoms. The second-order valence-electron chi connectivity index (χ2n) is 5.29. The minimum atomic E-state index is -0.373. The van der Waals surface area contributed by atoms with Crippen molar-refractivity contribution < 1.29 is 9.53 Å². The van der Waals surface area contributed by atoms with E-state index in [1.807, 2.05) is 6.07 Å². The number of rotatable bonds is 8. The quantitative estimate of drug-likeness (QED) is 0.545. The van der Waals surface area contributed by atoms with E-state index < -0.39 is 0 Å². The fourth-order valence-corrected chi connectivity index (χ4v) is 2.39. The van der Waals surface area contributed by atoms with Crippen LogP contribution >= 0.6 is 0 Å². The maximum absolute atomic E-state index is 11.0. The number of benzene rings is 2. The molecule has 0 fully saturated rings. The number of ether oxygens (including phenoxy) is 1. The molecule has 0 aliphatic rings. The second kappa shape index (κ2) is 8.79. The van der Waals surface area contributed by atoms with E-state index in [2.05, 4.69) is 66.9 Å². The van der Waals surface area contributed by atoms with Crippen LogP contribution in [0.4, 0.5) is 5.69 Å². The van der Waals surface area contributed by atoms with Crippen LogP contribution in [-0.4, -0.2) is 19.1 Å². The van der Waals surface area contributed by atoms with E-state index in [0.29, 0.717) is 13.0 Å². The van der Waals surface area contributed by atoms with Crippen LogP contribution in [-0.2, 0) is 22.5 Å². The van der Waals surface area contributed by atoms with Crippen molar-refractivity contribution >= 4 is 11.7 Å². The van der Waals surface area contributed by atoms with E-state index in [1.54, 1.807) is 0 Å². The highest BCUT2D eigenvalue weighted by Gasteiger charge is 2.05. The number of nitrogens with zero attached hydrogens (tertiary/aromatic N) is 1. The molecule has 120 valence electrons. The summed E-state index contributed by atoms with van der Waals surface area (Å²) in [6.07, 6.45) is 1.90. The standard InChI is InChI=1S/C20H23NO2/c1-3-20(22)23-15-14-17-10-12-19(13-11-17)21(4-2)16-18-8-6-5-7-9-18/h3,5-13H,1,4,14-16H2,2H3. The van der Waals surface area contributed by atoms with E-state index in [0.717, 1.165) is 18.7 Å². The summed E-state index contributed by atoms with van der Waals surface area (Å²) in [7, 11) is 0. The topological polar surface area (TPSA) is 29.5 Å². The van der Waals surface area contributed by atoms with Crippen LogP contribution in [0, 0.1) is 0 Å². The molecule has 0 N–H and O–H groups in total. The fourth-order valence-electron chi connectivity index (χ4n) is 2.39. The molecule has 0 atom stereocenters. The lowest BCUT2D eigenvalue weighted by atomic mass is 10.1. The first-order chi connectivity index (χ1) is 11.2. The summed E-state index contributed by atoms with van der Waals surface area (Å²) in [6, 6.07) is 18.9. The van der Waals surface area contributed by atoms with Gasteiger partial charge < -0.3 is 9.64 Å². The van der Waals surface area contributed by atoms with E-state index in [-0.39, 0.29) is 5.97 Å². The molecule has 0 heterocycles. The SMILES string of the molecule is C=CC(=O)OCCc1ccc(N(CC)Cc2ccccc2)cc1. The van der Waals surface area contributed by atoms with Gasteiger partial charge in [0, 0.05) is 31.3 Å². The minimum Gasteiger partial charge on any atom is -0.462 e. The Balaban J connectivity index is 1.94. The predicted molar refractivity (Wildman–Crippen MR) is 94.5 cm³/mol. The second-order valence-corrected chi connectivity index (χ2v) is 5.29. The molecule has 0 saturated carbocycles. The van der Waals surface area contributed by atoms with Crippen LogP contribution in [0.1, 0.15) is 18.1 Å². The van der Waals surface area contributed by atoms with Gasteiger partial charge in [0.05, 0.1) is 6.61 Å². The van der Waals surface area contributed by atoms with Gasteiger partial charge in [-0.25, -0.2) is 4.79 Å². The monoisotopic (exact) mass is 309 g/mol. The molecule has 0 radical (unpaired) electrons. The average Bonchev–Trinajstić information content (AvgIpc) is 2.61. The minimum absolute atomic E-state index is 0.373. The van der Waals surface area contributed by atoms with Crippen LogP contribution in [0.3, 0.4) is 0 Å². The van der Waals surface area contributed by atoms with Gasteiger partial charge in [0.25, 0.3) is 0 Å². The molecule has 2 aromatic rings. The van der Waals surface area contributed by atoms with Crippen LogP contribution in [0.5, 0.6) is 0 Å². The first-order valence-electron chi connectivity index (χ1n) is 7.90. The predicted octanol–water partition coefficient (Wildman–Crippen LogP) is 3.98. The Morgan fingerprint density at radius 3 is 2.39 bits per heavy atom. The Kier molecular flexibility index (Phi) is 6.42. The Morgan fingerprint density at radius 1 is 1.09 bits per heavy atom. The summed E-state index contributed by atoms with van der Waals surface area (Å²) >= 11 is 0.